The number of phenols is 1. The fourth-order valence-electron chi connectivity index (χ4n) is 2.63. The summed E-state index contributed by atoms with van der Waals surface area (Å²) in [5, 5.41) is 14.7. The lowest BCUT2D eigenvalue weighted by molar-refractivity contribution is 0.467. The molecule has 0 aliphatic heterocycles. The average molecular weight is 328 g/mol. The number of hydrogen-bond donors (Lipinski definition) is 2. The Morgan fingerprint density at radius 1 is 1.22 bits per heavy atom. The lowest BCUT2D eigenvalue weighted by Crippen LogP contribution is -1.96. The van der Waals surface area contributed by atoms with Crippen LogP contribution < -0.4 is 5.32 Å². The number of aromatic hydroxyl groups is 1. The van der Waals surface area contributed by atoms with Crippen LogP contribution in [0.1, 0.15) is 30.5 Å². The molecule has 23 heavy (non-hydrogen) atoms. The second-order valence-corrected chi connectivity index (χ2v) is 8.37. The summed E-state index contributed by atoms with van der Waals surface area (Å²) in [6, 6.07) is 8.10. The van der Waals surface area contributed by atoms with Crippen LogP contribution in [0.5, 0.6) is 5.75 Å². The number of phenolic OH excluding ortho intramolecular Hbond substituents is 1. The number of benzene rings is 1. The summed E-state index contributed by atoms with van der Waals surface area (Å²) in [6.07, 6.45) is 7.99. The monoisotopic (exact) mass is 328 g/mol. The van der Waals surface area contributed by atoms with Crippen LogP contribution in [0.2, 0.25) is 0 Å². The van der Waals surface area contributed by atoms with Crippen LogP contribution in [-0.4, -0.2) is 22.4 Å². The van der Waals surface area contributed by atoms with Crippen molar-refractivity contribution in [1.29, 1.82) is 0 Å². The van der Waals surface area contributed by atoms with Crippen LogP contribution in [0.3, 0.4) is 0 Å². The molecule has 0 bridgehead atoms. The molecule has 2 aromatic rings. The molecule has 0 aliphatic rings. The van der Waals surface area contributed by atoms with Gasteiger partial charge >= 0.3 is 0 Å². The number of hydrogen-bond acceptors (Lipinski definition) is 3. The van der Waals surface area contributed by atoms with Gasteiger partial charge in [0.25, 0.3) is 0 Å². The van der Waals surface area contributed by atoms with Crippen LogP contribution in [-0.2, 0) is 0 Å². The van der Waals surface area contributed by atoms with E-state index in [0.29, 0.717) is 5.75 Å². The number of nitrogens with one attached hydrogen (secondary N) is 1. The predicted molar refractivity (Wildman–Crippen MR) is 101 cm³/mol. The van der Waals surface area contributed by atoms with Gasteiger partial charge in [0.15, 0.2) is 0 Å². The van der Waals surface area contributed by atoms with E-state index in [-0.39, 0.29) is 7.92 Å². The molecular formula is C19H25N2OP. The summed E-state index contributed by atoms with van der Waals surface area (Å²) in [5.74, 6) is 0.394. The number of nitrogens with zero attached hydrogens (tertiary/aromatic N) is 1. The van der Waals surface area contributed by atoms with E-state index in [4.69, 9.17) is 0 Å². The maximum Gasteiger partial charge on any atom is 0.121 e. The molecule has 0 unspecified atom stereocenters. The average Bonchev–Trinajstić information content (AvgIpc) is 2.57. The van der Waals surface area contributed by atoms with Crippen molar-refractivity contribution in [2.75, 3.05) is 17.6 Å². The zero-order valence-electron chi connectivity index (χ0n) is 14.3. The van der Waals surface area contributed by atoms with E-state index in [9.17, 15) is 5.11 Å². The minimum absolute atomic E-state index is 0.230. The zero-order valence-corrected chi connectivity index (χ0v) is 15.2. The van der Waals surface area contributed by atoms with Gasteiger partial charge in [0.05, 0.1) is 11.9 Å². The summed E-state index contributed by atoms with van der Waals surface area (Å²) in [7, 11) is -0.230. The Hall–Kier alpha value is -1.86. The Kier molecular flexibility index (Phi) is 6.18. The van der Waals surface area contributed by atoms with Crippen LogP contribution in [0.15, 0.2) is 42.9 Å². The van der Waals surface area contributed by atoms with E-state index in [2.05, 4.69) is 42.5 Å². The molecule has 0 spiro atoms. The Morgan fingerprint density at radius 2 is 1.87 bits per heavy atom. The maximum atomic E-state index is 10.0. The number of aryl methyl sites for hydroxylation is 2. The summed E-state index contributed by atoms with van der Waals surface area (Å²) in [6.45, 7) is 8.40. The normalized spacial score (nSPS) is 11.8. The third-order valence-electron chi connectivity index (χ3n) is 3.93. The molecule has 0 amide bonds. The fourth-order valence-corrected chi connectivity index (χ4v) is 4.50. The lowest BCUT2D eigenvalue weighted by Gasteiger charge is -2.20. The molecular weight excluding hydrogens is 303 g/mol. The summed E-state index contributed by atoms with van der Waals surface area (Å²) in [5.41, 5.74) is 4.03. The molecule has 1 aromatic carbocycles. The maximum absolute atomic E-state index is 10.0. The van der Waals surface area contributed by atoms with Gasteiger partial charge in [-0.1, -0.05) is 21.8 Å². The highest BCUT2D eigenvalue weighted by atomic mass is 31.1. The van der Waals surface area contributed by atoms with Gasteiger partial charge in [-0.15, -0.1) is 0 Å². The highest BCUT2D eigenvalue weighted by Crippen LogP contribution is 2.50. The summed E-state index contributed by atoms with van der Waals surface area (Å²) in [4.78, 5) is 4.14. The van der Waals surface area contributed by atoms with Crippen molar-refractivity contribution >= 4 is 18.9 Å². The Morgan fingerprint density at radius 3 is 2.39 bits per heavy atom. The van der Waals surface area contributed by atoms with Gasteiger partial charge < -0.3 is 10.4 Å². The van der Waals surface area contributed by atoms with E-state index in [1.165, 1.54) is 10.9 Å². The molecule has 0 radical (unpaired) electrons. The molecule has 0 saturated carbocycles. The highest BCUT2D eigenvalue weighted by Gasteiger charge is 2.14. The molecule has 1 aromatic heterocycles. The first-order valence-corrected chi connectivity index (χ1v) is 9.70. The Labute approximate surface area is 140 Å². The molecule has 2 N–H and O–H groups in total. The van der Waals surface area contributed by atoms with Crippen LogP contribution >= 0.6 is 7.92 Å². The van der Waals surface area contributed by atoms with Gasteiger partial charge in [0.1, 0.15) is 5.75 Å². The van der Waals surface area contributed by atoms with Crippen molar-refractivity contribution in [2.24, 2.45) is 0 Å². The Bertz CT molecular complexity index is 656. The molecule has 0 atom stereocenters. The van der Waals surface area contributed by atoms with Gasteiger partial charge in [-0.3, -0.25) is 4.98 Å². The number of rotatable bonds is 6. The van der Waals surface area contributed by atoms with Crippen LogP contribution in [0.4, 0.5) is 5.69 Å². The van der Waals surface area contributed by atoms with E-state index in [1.54, 1.807) is 6.20 Å². The van der Waals surface area contributed by atoms with E-state index < -0.39 is 0 Å². The Balaban J connectivity index is 2.42. The molecule has 4 heteroatoms. The van der Waals surface area contributed by atoms with Crippen molar-refractivity contribution in [3.8, 4) is 5.75 Å². The lowest BCUT2D eigenvalue weighted by atomic mass is 10.1. The predicted octanol–water partition coefficient (Wildman–Crippen LogP) is 5.34. The van der Waals surface area contributed by atoms with Gasteiger partial charge in [-0.25, -0.2) is 0 Å². The van der Waals surface area contributed by atoms with E-state index >= 15 is 0 Å². The number of pyridine rings is 1. The minimum atomic E-state index is -0.230. The summed E-state index contributed by atoms with van der Waals surface area (Å²) < 4.78 is 0. The smallest absolute Gasteiger partial charge is 0.121 e. The molecule has 0 aliphatic carbocycles. The second-order valence-electron chi connectivity index (χ2n) is 5.55. The van der Waals surface area contributed by atoms with E-state index in [0.717, 1.165) is 29.1 Å². The third-order valence-corrected chi connectivity index (χ3v) is 6.52. The van der Waals surface area contributed by atoms with Crippen molar-refractivity contribution < 1.29 is 5.11 Å². The molecule has 2 rings (SSSR count). The van der Waals surface area contributed by atoms with Crippen LogP contribution in [0.25, 0.3) is 5.31 Å². The molecule has 0 saturated heterocycles. The third kappa shape index (κ3) is 4.33. The first-order chi connectivity index (χ1) is 11.1. The first-order valence-electron chi connectivity index (χ1n) is 7.99. The molecule has 3 nitrogen and oxygen atoms in total. The fraction of sp³-hybridized carbons (Fsp3) is 0.316. The molecule has 122 valence electrons. The van der Waals surface area contributed by atoms with E-state index in [1.807, 2.05) is 32.2 Å². The van der Waals surface area contributed by atoms with Crippen molar-refractivity contribution in [3.63, 3.8) is 0 Å². The minimum Gasteiger partial charge on any atom is -0.507 e. The quantitative estimate of drug-likeness (QED) is 0.704. The van der Waals surface area contributed by atoms with Gasteiger partial charge in [0, 0.05) is 12.4 Å². The SMILES string of the molecule is CCP(CC)/C(=C/Nc1cccnc1)c1cc(C)c(O)c(C)c1. The van der Waals surface area contributed by atoms with Crippen molar-refractivity contribution in [1.82, 2.24) is 4.98 Å². The van der Waals surface area contributed by atoms with Gasteiger partial charge in [-0.2, -0.15) is 0 Å². The molecule has 1 heterocycles. The first kappa shape index (κ1) is 17.5. The standard InChI is InChI=1S/C19H25N2OP/c1-5-23(6-2)18(13-21-17-8-7-9-20-12-17)16-10-14(3)19(22)15(4)11-16/h7-13,21-22H,5-6H2,1-4H3/b18-13+. The largest absolute Gasteiger partial charge is 0.507 e. The zero-order chi connectivity index (χ0) is 16.8. The van der Waals surface area contributed by atoms with Crippen molar-refractivity contribution in [2.45, 2.75) is 27.7 Å². The number of anilines is 1. The van der Waals surface area contributed by atoms with Crippen molar-refractivity contribution in [3.05, 3.63) is 59.5 Å². The van der Waals surface area contributed by atoms with Gasteiger partial charge in [0.2, 0.25) is 0 Å². The number of aromatic nitrogens is 1. The van der Waals surface area contributed by atoms with Crippen LogP contribution in [0, 0.1) is 13.8 Å². The highest BCUT2D eigenvalue weighted by molar-refractivity contribution is 7.68. The molecule has 0 fully saturated rings. The topological polar surface area (TPSA) is 45.2 Å². The summed E-state index contributed by atoms with van der Waals surface area (Å²) >= 11 is 0. The van der Waals surface area contributed by atoms with Gasteiger partial charge in [-0.05, 0) is 72.4 Å². The second kappa shape index (κ2) is 8.12.